The SMILES string of the molecule is C=NCc1ncc(NC(=O)OC(C)(C)C)c(-c2ccccc2)n1. The van der Waals surface area contributed by atoms with Gasteiger partial charge in [-0.15, -0.1) is 0 Å². The van der Waals surface area contributed by atoms with E-state index in [1.54, 1.807) is 27.0 Å². The molecule has 6 nitrogen and oxygen atoms in total. The second kappa shape index (κ2) is 7.00. The van der Waals surface area contributed by atoms with Crippen molar-refractivity contribution in [2.75, 3.05) is 5.32 Å². The van der Waals surface area contributed by atoms with Crippen molar-refractivity contribution in [3.05, 3.63) is 42.4 Å². The maximum atomic E-state index is 12.0. The molecule has 0 unspecified atom stereocenters. The van der Waals surface area contributed by atoms with Crippen LogP contribution in [0, 0.1) is 0 Å². The van der Waals surface area contributed by atoms with Crippen molar-refractivity contribution in [3.63, 3.8) is 0 Å². The number of carbonyl (C=O) groups is 1. The zero-order chi connectivity index (χ0) is 16.9. The monoisotopic (exact) mass is 312 g/mol. The van der Waals surface area contributed by atoms with Crippen molar-refractivity contribution >= 4 is 18.5 Å². The fourth-order valence-electron chi connectivity index (χ4n) is 1.92. The van der Waals surface area contributed by atoms with E-state index in [-0.39, 0.29) is 0 Å². The van der Waals surface area contributed by atoms with E-state index < -0.39 is 11.7 Å². The Bertz CT molecular complexity index is 693. The summed E-state index contributed by atoms with van der Waals surface area (Å²) in [5, 5.41) is 2.70. The van der Waals surface area contributed by atoms with Crippen LogP contribution in [-0.2, 0) is 11.3 Å². The smallest absolute Gasteiger partial charge is 0.412 e. The lowest BCUT2D eigenvalue weighted by molar-refractivity contribution is 0.0636. The topological polar surface area (TPSA) is 76.5 Å². The zero-order valence-electron chi connectivity index (χ0n) is 13.5. The average molecular weight is 312 g/mol. The van der Waals surface area contributed by atoms with E-state index in [4.69, 9.17) is 4.74 Å². The normalized spacial score (nSPS) is 10.9. The number of nitrogens with zero attached hydrogens (tertiary/aromatic N) is 3. The fraction of sp³-hybridized carbons (Fsp3) is 0.294. The van der Waals surface area contributed by atoms with Crippen LogP contribution in [-0.4, -0.2) is 28.4 Å². The van der Waals surface area contributed by atoms with Gasteiger partial charge in [0, 0.05) is 5.56 Å². The van der Waals surface area contributed by atoms with E-state index in [0.717, 1.165) is 5.56 Å². The molecular weight excluding hydrogens is 292 g/mol. The van der Waals surface area contributed by atoms with Gasteiger partial charge in [-0.25, -0.2) is 14.8 Å². The van der Waals surface area contributed by atoms with E-state index in [0.29, 0.717) is 23.8 Å². The molecule has 1 N–H and O–H groups in total. The Morgan fingerprint density at radius 3 is 2.61 bits per heavy atom. The molecule has 0 spiro atoms. The molecule has 1 amide bonds. The molecule has 0 saturated carbocycles. The van der Waals surface area contributed by atoms with Crippen LogP contribution < -0.4 is 5.32 Å². The van der Waals surface area contributed by atoms with Gasteiger partial charge >= 0.3 is 6.09 Å². The lowest BCUT2D eigenvalue weighted by atomic mass is 10.1. The number of aliphatic imine (C=N–C) groups is 1. The summed E-state index contributed by atoms with van der Waals surface area (Å²) in [5.74, 6) is 0.536. The molecule has 23 heavy (non-hydrogen) atoms. The van der Waals surface area contributed by atoms with Crippen molar-refractivity contribution < 1.29 is 9.53 Å². The van der Waals surface area contributed by atoms with Crippen molar-refractivity contribution in [3.8, 4) is 11.3 Å². The van der Waals surface area contributed by atoms with Gasteiger partial charge in [0.15, 0.2) is 0 Å². The maximum absolute atomic E-state index is 12.0. The minimum atomic E-state index is -0.579. The molecule has 2 aromatic rings. The van der Waals surface area contributed by atoms with Gasteiger partial charge in [0.1, 0.15) is 11.4 Å². The number of amides is 1. The molecule has 0 aliphatic carbocycles. The van der Waals surface area contributed by atoms with Gasteiger partial charge in [-0.05, 0) is 27.5 Å². The number of hydrogen-bond acceptors (Lipinski definition) is 5. The minimum Gasteiger partial charge on any atom is -0.444 e. The Hall–Kier alpha value is -2.76. The van der Waals surface area contributed by atoms with Gasteiger partial charge in [0.05, 0.1) is 24.1 Å². The first-order valence-electron chi connectivity index (χ1n) is 7.23. The largest absolute Gasteiger partial charge is 0.444 e. The maximum Gasteiger partial charge on any atom is 0.412 e. The molecule has 2 rings (SSSR count). The van der Waals surface area contributed by atoms with Gasteiger partial charge in [0.2, 0.25) is 0 Å². The Kier molecular flexibility index (Phi) is 5.05. The first-order valence-corrected chi connectivity index (χ1v) is 7.23. The summed E-state index contributed by atoms with van der Waals surface area (Å²) in [6.45, 7) is 9.18. The molecule has 0 bridgehead atoms. The van der Waals surface area contributed by atoms with Crippen molar-refractivity contribution in [2.24, 2.45) is 4.99 Å². The molecule has 0 aliphatic rings. The minimum absolute atomic E-state index is 0.312. The van der Waals surface area contributed by atoms with Crippen LogP contribution in [0.25, 0.3) is 11.3 Å². The highest BCUT2D eigenvalue weighted by Gasteiger charge is 2.18. The van der Waals surface area contributed by atoms with Crippen LogP contribution in [0.4, 0.5) is 10.5 Å². The highest BCUT2D eigenvalue weighted by Crippen LogP contribution is 2.26. The van der Waals surface area contributed by atoms with E-state index in [1.165, 1.54) is 0 Å². The second-order valence-electron chi connectivity index (χ2n) is 5.92. The first kappa shape index (κ1) is 16.6. The van der Waals surface area contributed by atoms with Gasteiger partial charge in [-0.1, -0.05) is 30.3 Å². The van der Waals surface area contributed by atoms with E-state index in [2.05, 4.69) is 27.0 Å². The lowest BCUT2D eigenvalue weighted by Gasteiger charge is -2.20. The summed E-state index contributed by atoms with van der Waals surface area (Å²) in [5.41, 5.74) is 1.39. The number of benzene rings is 1. The number of aromatic nitrogens is 2. The molecule has 0 saturated heterocycles. The highest BCUT2D eigenvalue weighted by atomic mass is 16.6. The van der Waals surface area contributed by atoms with E-state index in [9.17, 15) is 4.79 Å². The van der Waals surface area contributed by atoms with Crippen LogP contribution in [0.3, 0.4) is 0 Å². The van der Waals surface area contributed by atoms with Crippen LogP contribution in [0.5, 0.6) is 0 Å². The molecule has 0 atom stereocenters. The van der Waals surface area contributed by atoms with Crippen LogP contribution in [0.1, 0.15) is 26.6 Å². The van der Waals surface area contributed by atoms with E-state index in [1.807, 2.05) is 30.3 Å². The fourth-order valence-corrected chi connectivity index (χ4v) is 1.92. The number of anilines is 1. The molecular formula is C17H20N4O2. The van der Waals surface area contributed by atoms with Crippen LogP contribution in [0.2, 0.25) is 0 Å². The second-order valence-corrected chi connectivity index (χ2v) is 5.92. The number of ether oxygens (including phenoxy) is 1. The standard InChI is InChI=1S/C17H20N4O2/c1-17(2,3)23-16(22)20-13-10-19-14(11-18-4)21-15(13)12-8-6-5-7-9-12/h5-10H,4,11H2,1-3H3,(H,20,22). The van der Waals surface area contributed by atoms with Crippen LogP contribution in [0.15, 0.2) is 41.5 Å². The Morgan fingerprint density at radius 1 is 1.30 bits per heavy atom. The summed E-state index contributed by atoms with van der Waals surface area (Å²) in [6.07, 6.45) is 1.01. The van der Waals surface area contributed by atoms with E-state index >= 15 is 0 Å². The molecule has 0 radical (unpaired) electrons. The predicted molar refractivity (Wildman–Crippen MR) is 90.6 cm³/mol. The van der Waals surface area contributed by atoms with Gasteiger partial charge in [0.25, 0.3) is 0 Å². The van der Waals surface area contributed by atoms with Crippen molar-refractivity contribution in [1.29, 1.82) is 0 Å². The molecule has 1 aromatic carbocycles. The number of hydrogen-bond donors (Lipinski definition) is 1. The first-order chi connectivity index (χ1) is 10.9. The van der Waals surface area contributed by atoms with Crippen molar-refractivity contribution in [1.82, 2.24) is 9.97 Å². The molecule has 1 heterocycles. The molecule has 1 aromatic heterocycles. The highest BCUT2D eigenvalue weighted by molar-refractivity contribution is 5.90. The molecule has 0 aliphatic heterocycles. The van der Waals surface area contributed by atoms with Crippen LogP contribution >= 0.6 is 0 Å². The molecule has 120 valence electrons. The molecule has 6 heteroatoms. The number of carbonyl (C=O) groups excluding carboxylic acids is 1. The average Bonchev–Trinajstić information content (AvgIpc) is 2.48. The predicted octanol–water partition coefficient (Wildman–Crippen LogP) is 3.69. The Balaban J connectivity index is 2.35. The summed E-state index contributed by atoms with van der Waals surface area (Å²) >= 11 is 0. The van der Waals surface area contributed by atoms with Gasteiger partial charge < -0.3 is 4.74 Å². The molecule has 0 fully saturated rings. The summed E-state index contributed by atoms with van der Waals surface area (Å²) in [4.78, 5) is 24.5. The quantitative estimate of drug-likeness (QED) is 0.873. The third kappa shape index (κ3) is 4.88. The van der Waals surface area contributed by atoms with Gasteiger partial charge in [-0.2, -0.15) is 0 Å². The third-order valence-electron chi connectivity index (χ3n) is 2.77. The third-order valence-corrected chi connectivity index (χ3v) is 2.77. The summed E-state index contributed by atoms with van der Waals surface area (Å²) in [7, 11) is 0. The number of rotatable bonds is 4. The Morgan fingerprint density at radius 2 is 2.00 bits per heavy atom. The zero-order valence-corrected chi connectivity index (χ0v) is 13.5. The lowest BCUT2D eigenvalue weighted by Crippen LogP contribution is -2.27. The summed E-state index contributed by atoms with van der Waals surface area (Å²) in [6, 6.07) is 9.54. The summed E-state index contributed by atoms with van der Waals surface area (Å²) < 4.78 is 5.28. The Labute approximate surface area is 135 Å². The van der Waals surface area contributed by atoms with Gasteiger partial charge in [-0.3, -0.25) is 10.3 Å². The number of nitrogens with one attached hydrogen (secondary N) is 1. The van der Waals surface area contributed by atoms with Crippen molar-refractivity contribution in [2.45, 2.75) is 32.9 Å².